The van der Waals surface area contributed by atoms with E-state index in [2.05, 4.69) is 17.4 Å². The van der Waals surface area contributed by atoms with Crippen molar-refractivity contribution < 1.29 is 24.2 Å². The predicted octanol–water partition coefficient (Wildman–Crippen LogP) is 5.19. The van der Waals surface area contributed by atoms with Gasteiger partial charge in [0.2, 0.25) is 0 Å². The Hall–Kier alpha value is -3.22. The van der Waals surface area contributed by atoms with Crippen LogP contribution in [0.2, 0.25) is 0 Å². The highest BCUT2D eigenvalue weighted by atomic mass is 16.5. The topological polar surface area (TPSA) is 88.1 Å². The van der Waals surface area contributed by atoms with Gasteiger partial charge in [0, 0.05) is 18.7 Å². The van der Waals surface area contributed by atoms with Gasteiger partial charge in [-0.2, -0.15) is 0 Å². The molecule has 34 heavy (non-hydrogen) atoms. The van der Waals surface area contributed by atoms with Crippen molar-refractivity contribution >= 4 is 12.0 Å². The molecular formula is C27H38N2O5. The van der Waals surface area contributed by atoms with Crippen LogP contribution in [0.25, 0.3) is 0 Å². The molecule has 7 nitrogen and oxygen atoms in total. The van der Waals surface area contributed by atoms with Crippen LogP contribution in [0.4, 0.5) is 4.79 Å². The van der Waals surface area contributed by atoms with E-state index in [4.69, 9.17) is 9.47 Å². The van der Waals surface area contributed by atoms with Crippen molar-refractivity contribution in [1.29, 1.82) is 0 Å². The first-order valence-electron chi connectivity index (χ1n) is 11.9. The van der Waals surface area contributed by atoms with E-state index < -0.39 is 17.5 Å². The van der Waals surface area contributed by atoms with E-state index in [1.165, 1.54) is 19.4 Å². The molecule has 0 aliphatic heterocycles. The fourth-order valence-corrected chi connectivity index (χ4v) is 3.57. The number of unbranched alkanes of at least 4 members (excludes halogenated alkanes) is 1. The molecule has 0 heterocycles. The van der Waals surface area contributed by atoms with E-state index >= 15 is 0 Å². The lowest BCUT2D eigenvalue weighted by atomic mass is 10.1. The minimum atomic E-state index is -1.38. The fourth-order valence-electron chi connectivity index (χ4n) is 3.57. The highest BCUT2D eigenvalue weighted by Gasteiger charge is 2.31. The smallest absolute Gasteiger partial charge is 0.328 e. The van der Waals surface area contributed by atoms with Crippen molar-refractivity contribution in [2.75, 3.05) is 19.8 Å². The third-order valence-corrected chi connectivity index (χ3v) is 5.57. The number of urea groups is 1. The molecule has 0 bridgehead atoms. The highest BCUT2D eigenvalue weighted by Crippen LogP contribution is 2.31. The van der Waals surface area contributed by atoms with Crippen molar-refractivity contribution in [3.63, 3.8) is 0 Å². The molecule has 2 aromatic rings. The monoisotopic (exact) mass is 470 g/mol. The first kappa shape index (κ1) is 27.0. The van der Waals surface area contributed by atoms with Crippen LogP contribution >= 0.6 is 0 Å². The van der Waals surface area contributed by atoms with E-state index in [1.54, 1.807) is 4.90 Å². The zero-order valence-electron chi connectivity index (χ0n) is 21.0. The number of carbonyl (C=O) groups is 2. The van der Waals surface area contributed by atoms with Crippen LogP contribution in [0.5, 0.6) is 11.5 Å². The molecule has 7 heteroatoms. The summed E-state index contributed by atoms with van der Waals surface area (Å²) >= 11 is 0. The summed E-state index contributed by atoms with van der Waals surface area (Å²) in [6.07, 6.45) is 2.63. The maximum absolute atomic E-state index is 13.1. The molecule has 2 N–H and O–H groups in total. The molecule has 2 aromatic carbocycles. The summed E-state index contributed by atoms with van der Waals surface area (Å²) in [5, 5.41) is 12.1. The molecule has 0 aliphatic rings. The number of nitrogens with one attached hydrogen (secondary N) is 1. The predicted molar refractivity (Wildman–Crippen MR) is 134 cm³/mol. The van der Waals surface area contributed by atoms with E-state index in [0.29, 0.717) is 26.3 Å². The van der Waals surface area contributed by atoms with Crippen LogP contribution in [-0.4, -0.2) is 47.3 Å². The van der Waals surface area contributed by atoms with E-state index in [0.717, 1.165) is 41.9 Å². The number of carboxylic acids is 1. The van der Waals surface area contributed by atoms with E-state index in [-0.39, 0.29) is 0 Å². The number of aliphatic carboxylic acids is 1. The number of amides is 2. The molecule has 0 saturated heterocycles. The second-order valence-electron chi connectivity index (χ2n) is 8.81. The van der Waals surface area contributed by atoms with Gasteiger partial charge in [0.25, 0.3) is 0 Å². The Morgan fingerprint density at radius 1 is 0.971 bits per heavy atom. The van der Waals surface area contributed by atoms with Gasteiger partial charge in [0.1, 0.15) is 17.0 Å². The van der Waals surface area contributed by atoms with Crippen LogP contribution < -0.4 is 14.8 Å². The van der Waals surface area contributed by atoms with Gasteiger partial charge in [0.05, 0.1) is 13.2 Å². The van der Waals surface area contributed by atoms with Crippen molar-refractivity contribution in [2.45, 2.75) is 66.0 Å². The van der Waals surface area contributed by atoms with Gasteiger partial charge in [-0.1, -0.05) is 30.3 Å². The van der Waals surface area contributed by atoms with Crippen LogP contribution in [0.3, 0.4) is 0 Å². The van der Waals surface area contributed by atoms with Crippen LogP contribution in [-0.2, 0) is 17.8 Å². The average molecular weight is 471 g/mol. The van der Waals surface area contributed by atoms with Gasteiger partial charge in [-0.05, 0) is 77.1 Å². The van der Waals surface area contributed by atoms with E-state index in [9.17, 15) is 14.7 Å². The second-order valence-corrected chi connectivity index (χ2v) is 8.81. The van der Waals surface area contributed by atoms with Gasteiger partial charge < -0.3 is 24.8 Å². The maximum atomic E-state index is 13.1. The first-order valence-corrected chi connectivity index (χ1v) is 11.9. The van der Waals surface area contributed by atoms with Crippen molar-refractivity contribution in [3.8, 4) is 11.5 Å². The lowest BCUT2D eigenvalue weighted by Gasteiger charge is -2.29. The number of ether oxygens (including phenoxy) is 2. The summed E-state index contributed by atoms with van der Waals surface area (Å²) in [4.78, 5) is 26.3. The Labute approximate surface area is 203 Å². The highest BCUT2D eigenvalue weighted by molar-refractivity contribution is 5.85. The maximum Gasteiger partial charge on any atom is 0.328 e. The first-order chi connectivity index (χ1) is 16.2. The molecule has 0 unspecified atom stereocenters. The molecule has 0 spiro atoms. The van der Waals surface area contributed by atoms with Gasteiger partial charge in [-0.25, -0.2) is 9.59 Å². The Kier molecular flexibility index (Phi) is 10.2. The Morgan fingerprint density at radius 3 is 2.09 bits per heavy atom. The number of carboxylic acid groups (broad SMARTS) is 1. The van der Waals surface area contributed by atoms with Crippen LogP contribution in [0, 0.1) is 6.92 Å². The largest absolute Gasteiger partial charge is 0.493 e. The summed E-state index contributed by atoms with van der Waals surface area (Å²) < 4.78 is 11.6. The van der Waals surface area contributed by atoms with E-state index in [1.807, 2.05) is 51.1 Å². The number of hydrogen-bond donors (Lipinski definition) is 2. The molecule has 2 rings (SSSR count). The summed E-state index contributed by atoms with van der Waals surface area (Å²) in [7, 11) is 0. The van der Waals surface area contributed by atoms with Crippen LogP contribution in [0.1, 0.15) is 57.2 Å². The third kappa shape index (κ3) is 7.97. The third-order valence-electron chi connectivity index (χ3n) is 5.57. The minimum absolute atomic E-state index is 0.313. The molecule has 0 fully saturated rings. The number of hydrogen-bond acceptors (Lipinski definition) is 4. The fraction of sp³-hybridized carbons (Fsp3) is 0.481. The molecule has 2 amide bonds. The number of nitrogens with zero attached hydrogens (tertiary/aromatic N) is 1. The van der Waals surface area contributed by atoms with Crippen molar-refractivity contribution in [2.24, 2.45) is 0 Å². The van der Waals surface area contributed by atoms with Crippen molar-refractivity contribution in [3.05, 3.63) is 59.2 Å². The van der Waals surface area contributed by atoms with Gasteiger partial charge in [-0.3, -0.25) is 0 Å². The Balaban J connectivity index is 2.20. The summed E-state index contributed by atoms with van der Waals surface area (Å²) in [5.74, 6) is 0.356. The lowest BCUT2D eigenvalue weighted by molar-refractivity contribution is -0.143. The summed E-state index contributed by atoms with van der Waals surface area (Å²) in [6, 6.07) is 13.7. The Bertz CT molecular complexity index is 916. The SMILES string of the molecule is CCOc1cc(CN(CCCCc2ccccc2)C(=O)NC(C)(C)C(=O)O)cc(OCC)c1C. The second kappa shape index (κ2) is 12.9. The number of aryl methyl sites for hydroxylation is 1. The average Bonchev–Trinajstić information content (AvgIpc) is 2.79. The lowest BCUT2D eigenvalue weighted by Crippen LogP contribution is -2.54. The number of carbonyl (C=O) groups excluding carboxylic acids is 1. The van der Waals surface area contributed by atoms with Gasteiger partial charge in [0.15, 0.2) is 0 Å². The molecular weight excluding hydrogens is 432 g/mol. The van der Waals surface area contributed by atoms with Gasteiger partial charge >= 0.3 is 12.0 Å². The molecule has 0 saturated carbocycles. The zero-order chi connectivity index (χ0) is 25.1. The van der Waals surface area contributed by atoms with Crippen LogP contribution in [0.15, 0.2) is 42.5 Å². The molecule has 0 radical (unpaired) electrons. The number of benzene rings is 2. The van der Waals surface area contributed by atoms with Gasteiger partial charge in [-0.15, -0.1) is 0 Å². The minimum Gasteiger partial charge on any atom is -0.493 e. The number of rotatable bonds is 13. The zero-order valence-corrected chi connectivity index (χ0v) is 21.0. The molecule has 0 aromatic heterocycles. The van der Waals surface area contributed by atoms with Crippen molar-refractivity contribution in [1.82, 2.24) is 10.2 Å². The normalized spacial score (nSPS) is 11.1. The quantitative estimate of drug-likeness (QED) is 0.393. The summed E-state index contributed by atoms with van der Waals surface area (Å²) in [5.41, 5.74) is 1.66. The molecule has 186 valence electrons. The molecule has 0 atom stereocenters. The summed E-state index contributed by atoms with van der Waals surface area (Å²) in [6.45, 7) is 10.6. The molecule has 0 aliphatic carbocycles. The standard InChI is InChI=1S/C27H38N2O5/c1-6-33-23-17-22(18-24(20(23)3)34-7-2)19-29(26(32)28-27(4,5)25(30)31)16-12-11-15-21-13-9-8-10-14-21/h8-10,13-14,17-18H,6-7,11-12,15-16,19H2,1-5H3,(H,28,32)(H,30,31). The Morgan fingerprint density at radius 2 is 1.56 bits per heavy atom.